The summed E-state index contributed by atoms with van der Waals surface area (Å²) in [5, 5.41) is 5.68. The molecule has 1 amide bonds. The first-order chi connectivity index (χ1) is 14.8. The quantitative estimate of drug-likeness (QED) is 0.519. The van der Waals surface area contributed by atoms with Gasteiger partial charge >= 0.3 is 6.18 Å². The fourth-order valence-electron chi connectivity index (χ4n) is 3.03. The van der Waals surface area contributed by atoms with Gasteiger partial charge < -0.3 is 20.1 Å². The van der Waals surface area contributed by atoms with Crippen LogP contribution in [0.15, 0.2) is 72.8 Å². The zero-order valence-corrected chi connectivity index (χ0v) is 16.9. The second-order valence-corrected chi connectivity index (χ2v) is 6.63. The predicted molar refractivity (Wildman–Crippen MR) is 112 cm³/mol. The second-order valence-electron chi connectivity index (χ2n) is 6.63. The smallest absolute Gasteiger partial charge is 0.416 e. The number of ether oxygens (including phenoxy) is 2. The van der Waals surface area contributed by atoms with E-state index in [1.807, 2.05) is 6.07 Å². The lowest BCUT2D eigenvalue weighted by Crippen LogP contribution is -2.27. The van der Waals surface area contributed by atoms with Crippen LogP contribution in [0.2, 0.25) is 0 Å². The molecule has 0 aliphatic heterocycles. The van der Waals surface area contributed by atoms with Crippen LogP contribution in [-0.2, 0) is 11.0 Å². The van der Waals surface area contributed by atoms with Gasteiger partial charge in [-0.2, -0.15) is 13.2 Å². The molecule has 0 aromatic heterocycles. The van der Waals surface area contributed by atoms with Gasteiger partial charge in [-0.15, -0.1) is 0 Å². The Morgan fingerprint density at radius 3 is 2.19 bits per heavy atom. The van der Waals surface area contributed by atoms with Crippen LogP contribution in [0.3, 0.4) is 0 Å². The van der Waals surface area contributed by atoms with E-state index < -0.39 is 23.7 Å². The lowest BCUT2D eigenvalue weighted by atomic mass is 10.1. The Balaban J connectivity index is 1.89. The van der Waals surface area contributed by atoms with Crippen molar-refractivity contribution in [1.29, 1.82) is 0 Å². The molecule has 0 fully saturated rings. The first-order valence-corrected chi connectivity index (χ1v) is 9.33. The molecule has 3 aromatic rings. The van der Waals surface area contributed by atoms with E-state index in [-0.39, 0.29) is 5.69 Å². The molecule has 0 saturated heterocycles. The van der Waals surface area contributed by atoms with Crippen molar-refractivity contribution < 1.29 is 27.4 Å². The van der Waals surface area contributed by atoms with Crippen LogP contribution in [0.1, 0.15) is 17.2 Å². The minimum Gasteiger partial charge on any atom is -0.493 e. The number of hydrogen-bond acceptors (Lipinski definition) is 4. The third-order valence-corrected chi connectivity index (χ3v) is 4.55. The molecule has 0 radical (unpaired) electrons. The summed E-state index contributed by atoms with van der Waals surface area (Å²) < 4.78 is 49.5. The zero-order chi connectivity index (χ0) is 22.4. The largest absolute Gasteiger partial charge is 0.493 e. The highest BCUT2D eigenvalue weighted by Crippen LogP contribution is 2.33. The van der Waals surface area contributed by atoms with Gasteiger partial charge in [0.15, 0.2) is 11.5 Å². The molecule has 0 unspecified atom stereocenters. The average molecular weight is 430 g/mol. The number of nitrogens with one attached hydrogen (secondary N) is 2. The molecule has 3 rings (SSSR count). The number of alkyl halides is 3. The summed E-state index contributed by atoms with van der Waals surface area (Å²) in [6, 6.07) is 17.6. The van der Waals surface area contributed by atoms with Crippen molar-refractivity contribution in [3.05, 3.63) is 83.9 Å². The molecule has 3 aromatic carbocycles. The third-order valence-electron chi connectivity index (χ3n) is 4.55. The number of methoxy groups -OCH3 is 2. The SMILES string of the molecule is COc1ccc(N[C@@H](C(=O)Nc2cccc(C(F)(F)F)c2)c2ccccc2)cc1OC. The molecular formula is C23H21F3N2O3. The summed E-state index contributed by atoms with van der Waals surface area (Å²) in [6.45, 7) is 0. The summed E-state index contributed by atoms with van der Waals surface area (Å²) in [5.74, 6) is 0.482. The highest BCUT2D eigenvalue weighted by molar-refractivity contribution is 5.97. The minimum absolute atomic E-state index is 0.0508. The van der Waals surface area contributed by atoms with Gasteiger partial charge in [-0.25, -0.2) is 0 Å². The Kier molecular flexibility index (Phi) is 6.69. The summed E-state index contributed by atoms with van der Waals surface area (Å²) >= 11 is 0. The van der Waals surface area contributed by atoms with Crippen LogP contribution in [0.25, 0.3) is 0 Å². The third kappa shape index (κ3) is 5.48. The van der Waals surface area contributed by atoms with Crippen LogP contribution < -0.4 is 20.1 Å². The molecule has 0 spiro atoms. The normalized spacial score (nSPS) is 12.0. The van der Waals surface area contributed by atoms with Crippen molar-refractivity contribution >= 4 is 17.3 Å². The number of carbonyl (C=O) groups is 1. The lowest BCUT2D eigenvalue weighted by molar-refractivity contribution is -0.137. The molecule has 1 atom stereocenters. The monoisotopic (exact) mass is 430 g/mol. The molecule has 0 saturated carbocycles. The van der Waals surface area contributed by atoms with Gasteiger partial charge in [-0.05, 0) is 35.9 Å². The fraction of sp³-hybridized carbons (Fsp3) is 0.174. The van der Waals surface area contributed by atoms with Gasteiger partial charge in [0.2, 0.25) is 0 Å². The van der Waals surface area contributed by atoms with E-state index in [4.69, 9.17) is 9.47 Å². The molecule has 8 heteroatoms. The number of amides is 1. The van der Waals surface area contributed by atoms with Crippen LogP contribution >= 0.6 is 0 Å². The van der Waals surface area contributed by atoms with E-state index in [1.165, 1.54) is 26.4 Å². The molecular weight excluding hydrogens is 409 g/mol. The van der Waals surface area contributed by atoms with Crippen LogP contribution in [-0.4, -0.2) is 20.1 Å². The van der Waals surface area contributed by atoms with E-state index >= 15 is 0 Å². The number of carbonyl (C=O) groups excluding carboxylic acids is 1. The van der Waals surface area contributed by atoms with Crippen molar-refractivity contribution in [3.63, 3.8) is 0 Å². The standard InChI is InChI=1S/C23H21F3N2O3/c1-30-19-12-11-18(14-20(19)31-2)27-21(15-7-4-3-5-8-15)22(29)28-17-10-6-9-16(13-17)23(24,25)26/h3-14,21,27H,1-2H3,(H,28,29)/t21-/m1/s1. The van der Waals surface area contributed by atoms with E-state index in [0.29, 0.717) is 22.7 Å². The van der Waals surface area contributed by atoms with Crippen molar-refractivity contribution in [2.75, 3.05) is 24.9 Å². The van der Waals surface area contributed by atoms with E-state index in [9.17, 15) is 18.0 Å². The maximum Gasteiger partial charge on any atom is 0.416 e. The molecule has 0 aliphatic rings. The van der Waals surface area contributed by atoms with Crippen molar-refractivity contribution in [2.45, 2.75) is 12.2 Å². The topological polar surface area (TPSA) is 59.6 Å². The zero-order valence-electron chi connectivity index (χ0n) is 16.9. The van der Waals surface area contributed by atoms with Crippen LogP contribution in [0, 0.1) is 0 Å². The van der Waals surface area contributed by atoms with Crippen molar-refractivity contribution in [1.82, 2.24) is 0 Å². The first-order valence-electron chi connectivity index (χ1n) is 9.33. The van der Waals surface area contributed by atoms with Gasteiger partial charge in [-0.1, -0.05) is 36.4 Å². The van der Waals surface area contributed by atoms with E-state index in [2.05, 4.69) is 10.6 Å². The number of rotatable bonds is 7. The summed E-state index contributed by atoms with van der Waals surface area (Å²) in [7, 11) is 3.01. The summed E-state index contributed by atoms with van der Waals surface area (Å²) in [4.78, 5) is 13.0. The molecule has 0 heterocycles. The van der Waals surface area contributed by atoms with Gasteiger partial charge in [-0.3, -0.25) is 4.79 Å². The van der Waals surface area contributed by atoms with Crippen LogP contribution in [0.5, 0.6) is 11.5 Å². The Morgan fingerprint density at radius 1 is 0.839 bits per heavy atom. The predicted octanol–water partition coefficient (Wildman–Crippen LogP) is 5.51. The minimum atomic E-state index is -4.50. The molecule has 2 N–H and O–H groups in total. The highest BCUT2D eigenvalue weighted by Gasteiger charge is 2.31. The van der Waals surface area contributed by atoms with Crippen molar-refractivity contribution in [2.24, 2.45) is 0 Å². The summed E-state index contributed by atoms with van der Waals surface area (Å²) in [6.07, 6.45) is -4.50. The summed E-state index contributed by atoms with van der Waals surface area (Å²) in [5.41, 5.74) is 0.428. The van der Waals surface area contributed by atoms with Gasteiger partial charge in [0.1, 0.15) is 6.04 Å². The van der Waals surface area contributed by atoms with Gasteiger partial charge in [0, 0.05) is 17.4 Å². The number of anilines is 2. The first kappa shape index (κ1) is 22.0. The number of hydrogen-bond donors (Lipinski definition) is 2. The maximum absolute atomic E-state index is 13.0. The Morgan fingerprint density at radius 2 is 1.55 bits per heavy atom. The van der Waals surface area contributed by atoms with E-state index in [1.54, 1.807) is 42.5 Å². The molecule has 5 nitrogen and oxygen atoms in total. The van der Waals surface area contributed by atoms with E-state index in [0.717, 1.165) is 12.1 Å². The van der Waals surface area contributed by atoms with Crippen LogP contribution in [0.4, 0.5) is 24.5 Å². The van der Waals surface area contributed by atoms with Gasteiger partial charge in [0.05, 0.1) is 19.8 Å². The Bertz CT molecular complexity index is 1040. The average Bonchev–Trinajstić information content (AvgIpc) is 2.77. The molecule has 31 heavy (non-hydrogen) atoms. The Labute approximate surface area is 177 Å². The fourth-order valence-corrected chi connectivity index (χ4v) is 3.03. The van der Waals surface area contributed by atoms with Crippen molar-refractivity contribution in [3.8, 4) is 11.5 Å². The lowest BCUT2D eigenvalue weighted by Gasteiger charge is -2.21. The molecule has 162 valence electrons. The van der Waals surface area contributed by atoms with Gasteiger partial charge in [0.25, 0.3) is 5.91 Å². The highest BCUT2D eigenvalue weighted by atomic mass is 19.4. The second kappa shape index (κ2) is 9.42. The number of benzene rings is 3. The maximum atomic E-state index is 13.0. The number of halogens is 3. The molecule has 0 aliphatic carbocycles. The Hall–Kier alpha value is -3.68. The molecule has 0 bridgehead atoms.